The Hall–Kier alpha value is -3.02. The molecule has 2 heterocycles. The van der Waals surface area contributed by atoms with E-state index >= 15 is 0 Å². The van der Waals surface area contributed by atoms with Crippen molar-refractivity contribution >= 4 is 51.1 Å². The predicted molar refractivity (Wildman–Crippen MR) is 114 cm³/mol. The molecule has 1 N–H and O–H groups in total. The summed E-state index contributed by atoms with van der Waals surface area (Å²) in [5, 5.41) is 5.47. The monoisotopic (exact) mass is 406 g/mol. The summed E-state index contributed by atoms with van der Waals surface area (Å²) in [6.45, 7) is 1.48. The van der Waals surface area contributed by atoms with Crippen LogP contribution in [0.25, 0.3) is 22.0 Å². The molecule has 2 aromatic carbocycles. The molecule has 2 aromatic heterocycles. The van der Waals surface area contributed by atoms with E-state index in [1.807, 2.05) is 36.4 Å². The maximum absolute atomic E-state index is 12.5. The number of fused-ring (bicyclic) bond motifs is 1. The largest absolute Gasteiger partial charge is 0.321 e. The molecule has 4 rings (SSSR count). The average molecular weight is 407 g/mol. The van der Waals surface area contributed by atoms with Crippen molar-refractivity contribution in [1.29, 1.82) is 0 Å². The first-order valence-electron chi connectivity index (χ1n) is 8.59. The standard InChI is InChI=1S/C22H15ClN2O2S/c1-13(26)19-8-9-20(28-19)22(27)25-15-6-7-18(23)17(12-15)21-16-5-3-2-4-14(16)10-11-24-21/h2-12H,1H3,(H,25,27). The number of pyridine rings is 1. The van der Waals surface area contributed by atoms with Gasteiger partial charge in [0.25, 0.3) is 5.91 Å². The van der Waals surface area contributed by atoms with Crippen LogP contribution in [0.3, 0.4) is 0 Å². The van der Waals surface area contributed by atoms with Crippen LogP contribution in [0.1, 0.15) is 26.3 Å². The quantitative estimate of drug-likeness (QED) is 0.418. The Morgan fingerprint density at radius 3 is 2.57 bits per heavy atom. The number of hydrogen-bond acceptors (Lipinski definition) is 4. The SMILES string of the molecule is CC(=O)c1ccc(C(=O)Nc2ccc(Cl)c(-c3nccc4ccccc34)c2)s1. The normalized spacial score (nSPS) is 10.8. The number of aromatic nitrogens is 1. The van der Waals surface area contributed by atoms with E-state index in [0.717, 1.165) is 22.0 Å². The molecular formula is C22H15ClN2O2S. The van der Waals surface area contributed by atoms with Crippen molar-refractivity contribution in [1.82, 2.24) is 4.98 Å². The maximum Gasteiger partial charge on any atom is 0.265 e. The lowest BCUT2D eigenvalue weighted by Gasteiger charge is -2.10. The van der Waals surface area contributed by atoms with Gasteiger partial charge in [0.05, 0.1) is 20.5 Å². The Bertz CT molecular complexity index is 1210. The van der Waals surface area contributed by atoms with Crippen molar-refractivity contribution in [3.63, 3.8) is 0 Å². The number of carbonyl (C=O) groups is 2. The zero-order valence-corrected chi connectivity index (χ0v) is 16.5. The van der Waals surface area contributed by atoms with E-state index in [1.165, 1.54) is 18.3 Å². The number of nitrogens with zero attached hydrogens (tertiary/aromatic N) is 1. The third-order valence-corrected chi connectivity index (χ3v) is 5.84. The molecule has 0 aliphatic heterocycles. The maximum atomic E-state index is 12.5. The molecule has 0 fully saturated rings. The van der Waals surface area contributed by atoms with Gasteiger partial charge in [-0.3, -0.25) is 14.6 Å². The van der Waals surface area contributed by atoms with E-state index in [-0.39, 0.29) is 11.7 Å². The van der Waals surface area contributed by atoms with E-state index in [4.69, 9.17) is 11.6 Å². The number of amides is 1. The fraction of sp³-hybridized carbons (Fsp3) is 0.0455. The van der Waals surface area contributed by atoms with Gasteiger partial charge >= 0.3 is 0 Å². The van der Waals surface area contributed by atoms with Crippen LogP contribution in [0.5, 0.6) is 0 Å². The second kappa shape index (κ2) is 7.54. The van der Waals surface area contributed by atoms with Gasteiger partial charge in [0, 0.05) is 22.8 Å². The number of benzene rings is 2. The summed E-state index contributed by atoms with van der Waals surface area (Å²) in [7, 11) is 0. The molecule has 0 bridgehead atoms. The lowest BCUT2D eigenvalue weighted by atomic mass is 10.0. The fourth-order valence-electron chi connectivity index (χ4n) is 2.96. The van der Waals surface area contributed by atoms with E-state index < -0.39 is 0 Å². The van der Waals surface area contributed by atoms with Crippen LogP contribution in [-0.4, -0.2) is 16.7 Å². The first-order chi connectivity index (χ1) is 13.5. The second-order valence-corrected chi connectivity index (χ2v) is 7.74. The number of nitrogens with one attached hydrogen (secondary N) is 1. The molecule has 6 heteroatoms. The lowest BCUT2D eigenvalue weighted by Crippen LogP contribution is -2.10. The Labute approximate surface area is 170 Å². The topological polar surface area (TPSA) is 59.1 Å². The van der Waals surface area contributed by atoms with Gasteiger partial charge in [0.2, 0.25) is 0 Å². The highest BCUT2D eigenvalue weighted by molar-refractivity contribution is 7.16. The lowest BCUT2D eigenvalue weighted by molar-refractivity contribution is 0.101. The van der Waals surface area contributed by atoms with Crippen LogP contribution >= 0.6 is 22.9 Å². The van der Waals surface area contributed by atoms with Gasteiger partial charge in [-0.1, -0.05) is 35.9 Å². The minimum atomic E-state index is -0.267. The fourth-order valence-corrected chi connectivity index (χ4v) is 3.96. The molecule has 0 radical (unpaired) electrons. The van der Waals surface area contributed by atoms with Gasteiger partial charge in [0.15, 0.2) is 5.78 Å². The zero-order chi connectivity index (χ0) is 19.7. The number of rotatable bonds is 4. The van der Waals surface area contributed by atoms with Gasteiger partial charge in [0.1, 0.15) is 0 Å². The first kappa shape index (κ1) is 18.3. The molecule has 0 aliphatic carbocycles. The van der Waals surface area contributed by atoms with Gasteiger partial charge in [-0.05, 0) is 48.7 Å². The van der Waals surface area contributed by atoms with Crippen molar-refractivity contribution in [2.24, 2.45) is 0 Å². The molecule has 0 spiro atoms. The summed E-state index contributed by atoms with van der Waals surface area (Å²) in [6.07, 6.45) is 1.74. The summed E-state index contributed by atoms with van der Waals surface area (Å²) in [4.78, 5) is 29.5. The smallest absolute Gasteiger partial charge is 0.265 e. The summed E-state index contributed by atoms with van der Waals surface area (Å²) in [5.41, 5.74) is 2.11. The van der Waals surface area contributed by atoms with Crippen molar-refractivity contribution < 1.29 is 9.59 Å². The number of halogens is 1. The Morgan fingerprint density at radius 1 is 1.00 bits per heavy atom. The number of thiophene rings is 1. The molecule has 0 atom stereocenters. The van der Waals surface area contributed by atoms with Crippen LogP contribution in [0.4, 0.5) is 5.69 Å². The summed E-state index contributed by atoms with van der Waals surface area (Å²) in [6, 6.07) is 18.5. The third kappa shape index (κ3) is 3.54. The van der Waals surface area contributed by atoms with Crippen LogP contribution in [-0.2, 0) is 0 Å². The molecule has 0 aliphatic rings. The van der Waals surface area contributed by atoms with E-state index in [1.54, 1.807) is 30.5 Å². The highest BCUT2D eigenvalue weighted by Gasteiger charge is 2.14. The van der Waals surface area contributed by atoms with Crippen LogP contribution < -0.4 is 5.32 Å². The van der Waals surface area contributed by atoms with E-state index in [9.17, 15) is 9.59 Å². The predicted octanol–water partition coefficient (Wildman–Crippen LogP) is 6.07. The zero-order valence-electron chi connectivity index (χ0n) is 14.9. The van der Waals surface area contributed by atoms with E-state index in [2.05, 4.69) is 10.3 Å². The third-order valence-electron chi connectivity index (χ3n) is 4.33. The summed E-state index contributed by atoms with van der Waals surface area (Å²) >= 11 is 7.61. The molecule has 0 saturated heterocycles. The molecule has 28 heavy (non-hydrogen) atoms. The van der Waals surface area contributed by atoms with Crippen molar-refractivity contribution in [3.8, 4) is 11.3 Å². The minimum Gasteiger partial charge on any atom is -0.321 e. The van der Waals surface area contributed by atoms with E-state index in [0.29, 0.717) is 20.5 Å². The Morgan fingerprint density at radius 2 is 1.79 bits per heavy atom. The molecule has 138 valence electrons. The molecule has 1 amide bonds. The number of ketones is 1. The molecule has 0 saturated carbocycles. The van der Waals surface area contributed by atoms with Crippen LogP contribution in [0, 0.1) is 0 Å². The average Bonchev–Trinajstić information content (AvgIpc) is 3.20. The number of hydrogen-bond donors (Lipinski definition) is 1. The number of Topliss-reactive ketones (excluding diaryl/α,β-unsaturated/α-hetero) is 1. The highest BCUT2D eigenvalue weighted by Crippen LogP contribution is 2.34. The van der Waals surface area contributed by atoms with Crippen molar-refractivity contribution in [2.45, 2.75) is 6.92 Å². The Balaban J connectivity index is 1.69. The number of carbonyl (C=O) groups excluding carboxylic acids is 2. The van der Waals surface area contributed by atoms with Gasteiger partial charge in [-0.15, -0.1) is 11.3 Å². The number of anilines is 1. The van der Waals surface area contributed by atoms with Crippen LogP contribution in [0.15, 0.2) is 66.9 Å². The molecular weight excluding hydrogens is 392 g/mol. The molecule has 4 aromatic rings. The van der Waals surface area contributed by atoms with Crippen molar-refractivity contribution in [3.05, 3.63) is 81.6 Å². The second-order valence-electron chi connectivity index (χ2n) is 6.25. The van der Waals surface area contributed by atoms with Gasteiger partial charge < -0.3 is 5.32 Å². The van der Waals surface area contributed by atoms with Gasteiger partial charge in [-0.25, -0.2) is 0 Å². The first-order valence-corrected chi connectivity index (χ1v) is 9.78. The minimum absolute atomic E-state index is 0.0557. The Kier molecular flexibility index (Phi) is 4.94. The highest BCUT2D eigenvalue weighted by atomic mass is 35.5. The molecule has 0 unspecified atom stereocenters. The van der Waals surface area contributed by atoms with Gasteiger partial charge in [-0.2, -0.15) is 0 Å². The van der Waals surface area contributed by atoms with Crippen molar-refractivity contribution in [2.75, 3.05) is 5.32 Å². The molecule has 4 nitrogen and oxygen atoms in total. The van der Waals surface area contributed by atoms with Crippen LogP contribution in [0.2, 0.25) is 5.02 Å². The summed E-state index contributed by atoms with van der Waals surface area (Å²) < 4.78 is 0. The summed E-state index contributed by atoms with van der Waals surface area (Å²) in [5.74, 6) is -0.323.